The van der Waals surface area contributed by atoms with E-state index in [2.05, 4.69) is 5.32 Å². The van der Waals surface area contributed by atoms with Gasteiger partial charge in [-0.1, -0.05) is 0 Å². The molecule has 14 heavy (non-hydrogen) atoms. The molecule has 0 aliphatic heterocycles. The molecule has 1 aromatic carbocycles. The minimum Gasteiger partial charge on any atom is -0.508 e. The number of carbonyl (C=O) groups excluding carboxylic acids is 1. The molecule has 0 aliphatic carbocycles. The maximum Gasteiger partial charge on any atom is 0.255 e. The van der Waals surface area contributed by atoms with Crippen molar-refractivity contribution in [3.8, 4) is 5.75 Å². The number of aromatic hydroxyl groups is 1. The van der Waals surface area contributed by atoms with E-state index >= 15 is 0 Å². The quantitative estimate of drug-likeness (QED) is 0.742. The number of nitrogens with one attached hydrogen (secondary N) is 1. The van der Waals surface area contributed by atoms with Crippen LogP contribution in [0.15, 0.2) is 18.2 Å². The van der Waals surface area contributed by atoms with Crippen LogP contribution in [0.4, 0.5) is 5.69 Å². The largest absolute Gasteiger partial charge is 0.508 e. The van der Waals surface area contributed by atoms with Gasteiger partial charge in [-0.2, -0.15) is 0 Å². The van der Waals surface area contributed by atoms with E-state index < -0.39 is 0 Å². The van der Waals surface area contributed by atoms with E-state index in [0.717, 1.165) is 0 Å². The van der Waals surface area contributed by atoms with Crippen molar-refractivity contribution in [2.45, 2.75) is 0 Å². The molecule has 1 rings (SSSR count). The molecule has 2 N–H and O–H groups in total. The molecule has 0 aliphatic rings. The summed E-state index contributed by atoms with van der Waals surface area (Å²) in [6.07, 6.45) is 0. The fourth-order valence-corrected chi connectivity index (χ4v) is 1.17. The second kappa shape index (κ2) is 4.00. The van der Waals surface area contributed by atoms with Gasteiger partial charge in [0.05, 0.1) is 11.3 Å². The van der Waals surface area contributed by atoms with Crippen LogP contribution in [-0.4, -0.2) is 37.1 Å². The van der Waals surface area contributed by atoms with E-state index in [4.69, 9.17) is 0 Å². The Kier molecular flexibility index (Phi) is 2.96. The molecule has 0 spiro atoms. The maximum atomic E-state index is 11.6. The smallest absolute Gasteiger partial charge is 0.255 e. The zero-order valence-electron chi connectivity index (χ0n) is 8.53. The highest BCUT2D eigenvalue weighted by Crippen LogP contribution is 2.21. The minimum absolute atomic E-state index is 0.0886. The number of hydrogen-bond acceptors (Lipinski definition) is 3. The summed E-state index contributed by atoms with van der Waals surface area (Å²) in [7, 11) is 5.09. The van der Waals surface area contributed by atoms with Crippen molar-refractivity contribution in [1.82, 2.24) is 4.90 Å². The van der Waals surface area contributed by atoms with E-state index in [0.29, 0.717) is 11.3 Å². The fraction of sp³-hybridized carbons (Fsp3) is 0.300. The lowest BCUT2D eigenvalue weighted by Crippen LogP contribution is -2.22. The first kappa shape index (κ1) is 10.4. The molecule has 0 bridgehead atoms. The molecule has 0 aromatic heterocycles. The Morgan fingerprint density at radius 3 is 2.57 bits per heavy atom. The number of phenols is 1. The third-order valence-corrected chi connectivity index (χ3v) is 1.91. The van der Waals surface area contributed by atoms with Crippen LogP contribution < -0.4 is 5.32 Å². The van der Waals surface area contributed by atoms with Crippen molar-refractivity contribution in [3.63, 3.8) is 0 Å². The number of amides is 1. The summed E-state index contributed by atoms with van der Waals surface area (Å²) in [4.78, 5) is 13.1. The predicted molar refractivity (Wildman–Crippen MR) is 55.7 cm³/mol. The fourth-order valence-electron chi connectivity index (χ4n) is 1.17. The van der Waals surface area contributed by atoms with Crippen LogP contribution in [0.3, 0.4) is 0 Å². The minimum atomic E-state index is -0.0886. The highest BCUT2D eigenvalue weighted by atomic mass is 16.3. The average Bonchev–Trinajstić information content (AvgIpc) is 2.16. The van der Waals surface area contributed by atoms with E-state index in [9.17, 15) is 9.90 Å². The second-order valence-electron chi connectivity index (χ2n) is 3.18. The molecule has 0 saturated carbocycles. The first-order chi connectivity index (χ1) is 6.56. The number of rotatable bonds is 2. The van der Waals surface area contributed by atoms with Crippen molar-refractivity contribution < 1.29 is 9.90 Å². The van der Waals surface area contributed by atoms with Gasteiger partial charge in [-0.25, -0.2) is 0 Å². The van der Waals surface area contributed by atoms with Crippen molar-refractivity contribution in [2.75, 3.05) is 26.5 Å². The van der Waals surface area contributed by atoms with Gasteiger partial charge in [-0.15, -0.1) is 0 Å². The van der Waals surface area contributed by atoms with Crippen molar-refractivity contribution >= 4 is 11.6 Å². The Morgan fingerprint density at radius 1 is 1.43 bits per heavy atom. The number of nitrogens with zero attached hydrogens (tertiary/aromatic N) is 1. The summed E-state index contributed by atoms with van der Waals surface area (Å²) in [5, 5.41) is 12.1. The molecule has 0 saturated heterocycles. The molecule has 0 fully saturated rings. The van der Waals surface area contributed by atoms with Crippen molar-refractivity contribution in [1.29, 1.82) is 0 Å². The van der Waals surface area contributed by atoms with Crippen molar-refractivity contribution in [2.24, 2.45) is 0 Å². The SMILES string of the molecule is CNc1cc(O)ccc1C(=O)N(C)C. The number of phenolic OH excluding ortho intramolecular Hbond substituents is 1. The van der Waals surface area contributed by atoms with E-state index in [1.165, 1.54) is 17.0 Å². The summed E-state index contributed by atoms with van der Waals surface area (Å²) < 4.78 is 0. The summed E-state index contributed by atoms with van der Waals surface area (Å²) in [6.45, 7) is 0. The monoisotopic (exact) mass is 194 g/mol. The number of benzene rings is 1. The standard InChI is InChI=1S/C10H14N2O2/c1-11-9-6-7(13)4-5-8(9)10(14)12(2)3/h4-6,11,13H,1-3H3. The van der Waals surface area contributed by atoms with Gasteiger partial charge in [0, 0.05) is 27.2 Å². The lowest BCUT2D eigenvalue weighted by Gasteiger charge is -2.13. The molecule has 0 atom stereocenters. The van der Waals surface area contributed by atoms with Crippen LogP contribution in [0.1, 0.15) is 10.4 Å². The van der Waals surface area contributed by atoms with Crippen LogP contribution in [0.25, 0.3) is 0 Å². The lowest BCUT2D eigenvalue weighted by molar-refractivity contribution is 0.0828. The van der Waals surface area contributed by atoms with Crippen LogP contribution in [0.5, 0.6) is 5.75 Å². The molecule has 1 amide bonds. The van der Waals surface area contributed by atoms with Gasteiger partial charge in [-0.05, 0) is 12.1 Å². The topological polar surface area (TPSA) is 52.6 Å². The summed E-state index contributed by atoms with van der Waals surface area (Å²) >= 11 is 0. The third-order valence-electron chi connectivity index (χ3n) is 1.91. The van der Waals surface area contributed by atoms with Gasteiger partial charge >= 0.3 is 0 Å². The normalized spacial score (nSPS) is 9.64. The van der Waals surface area contributed by atoms with E-state index in [-0.39, 0.29) is 11.7 Å². The lowest BCUT2D eigenvalue weighted by atomic mass is 10.1. The van der Waals surface area contributed by atoms with Crippen LogP contribution >= 0.6 is 0 Å². The van der Waals surface area contributed by atoms with E-state index in [1.807, 2.05) is 0 Å². The molecule has 0 heterocycles. The maximum absolute atomic E-state index is 11.6. The highest BCUT2D eigenvalue weighted by molar-refractivity contribution is 5.99. The predicted octanol–water partition coefficient (Wildman–Crippen LogP) is 1.14. The van der Waals surface area contributed by atoms with Crippen LogP contribution in [0.2, 0.25) is 0 Å². The first-order valence-corrected chi connectivity index (χ1v) is 4.28. The van der Waals surface area contributed by atoms with Gasteiger partial charge in [0.25, 0.3) is 5.91 Å². The van der Waals surface area contributed by atoms with Crippen LogP contribution in [0, 0.1) is 0 Å². The molecule has 4 nitrogen and oxygen atoms in total. The van der Waals surface area contributed by atoms with Gasteiger partial charge in [0.15, 0.2) is 0 Å². The second-order valence-corrected chi connectivity index (χ2v) is 3.18. The summed E-state index contributed by atoms with van der Waals surface area (Å²) in [5.41, 5.74) is 1.18. The molecule has 76 valence electrons. The van der Waals surface area contributed by atoms with Crippen molar-refractivity contribution in [3.05, 3.63) is 23.8 Å². The highest BCUT2D eigenvalue weighted by Gasteiger charge is 2.12. The Labute approximate surface area is 83.2 Å². The molecule has 0 unspecified atom stereocenters. The zero-order chi connectivity index (χ0) is 10.7. The summed E-state index contributed by atoms with van der Waals surface area (Å²) in [5.74, 6) is 0.0546. The number of hydrogen-bond donors (Lipinski definition) is 2. The number of carbonyl (C=O) groups is 1. The molecular formula is C10H14N2O2. The Hall–Kier alpha value is -1.71. The Bertz CT molecular complexity index is 348. The first-order valence-electron chi connectivity index (χ1n) is 4.28. The van der Waals surface area contributed by atoms with Gasteiger partial charge < -0.3 is 15.3 Å². The number of anilines is 1. The molecule has 1 aromatic rings. The Balaban J connectivity index is 3.14. The van der Waals surface area contributed by atoms with Gasteiger partial charge in [0.2, 0.25) is 0 Å². The molecule has 4 heteroatoms. The van der Waals surface area contributed by atoms with Crippen LogP contribution in [-0.2, 0) is 0 Å². The molecule has 0 radical (unpaired) electrons. The summed E-state index contributed by atoms with van der Waals surface area (Å²) in [6, 6.07) is 4.62. The molecular weight excluding hydrogens is 180 g/mol. The van der Waals surface area contributed by atoms with Gasteiger partial charge in [-0.3, -0.25) is 4.79 Å². The van der Waals surface area contributed by atoms with Gasteiger partial charge in [0.1, 0.15) is 5.75 Å². The average molecular weight is 194 g/mol. The zero-order valence-corrected chi connectivity index (χ0v) is 8.53. The third kappa shape index (κ3) is 1.96. The Morgan fingerprint density at radius 2 is 2.07 bits per heavy atom. The van der Waals surface area contributed by atoms with E-state index in [1.54, 1.807) is 27.2 Å².